The summed E-state index contributed by atoms with van der Waals surface area (Å²) in [6.45, 7) is 15.5. The zero-order valence-electron chi connectivity index (χ0n) is 8.86. The van der Waals surface area contributed by atoms with Crippen LogP contribution >= 0.6 is 0 Å². The molecule has 2 heteroatoms. The summed E-state index contributed by atoms with van der Waals surface area (Å²) in [4.78, 5) is 0. The van der Waals surface area contributed by atoms with Crippen LogP contribution in [-0.2, 0) is 0 Å². The summed E-state index contributed by atoms with van der Waals surface area (Å²) in [5.41, 5.74) is 0. The molecule has 0 aliphatic rings. The maximum absolute atomic E-state index is 3.88. The summed E-state index contributed by atoms with van der Waals surface area (Å²) in [6.07, 6.45) is 8.54. The monoisotopic (exact) mass is 582 g/mol. The van der Waals surface area contributed by atoms with Gasteiger partial charge in [0.2, 0.25) is 0 Å². The first-order valence-electron chi connectivity index (χ1n) is 4.73. The van der Waals surface area contributed by atoms with E-state index in [1.54, 1.807) is 0 Å². The topological polar surface area (TPSA) is 0 Å². The predicted molar refractivity (Wildman–Crippen MR) is 71.5 cm³/mol. The molecule has 0 aliphatic heterocycles. The van der Waals surface area contributed by atoms with Crippen molar-refractivity contribution in [2.45, 2.75) is 16.5 Å². The van der Waals surface area contributed by atoms with Crippen LogP contribution in [-0.4, -0.2) is 33.9 Å². The molecule has 0 unspecified atom stereocenters. The first-order valence-corrected chi connectivity index (χ1v) is 29.8. The summed E-state index contributed by atoms with van der Waals surface area (Å²) in [5, 5.41) is 0. The molecule has 0 heterocycles. The minimum atomic E-state index is -1.21. The van der Waals surface area contributed by atoms with Crippen molar-refractivity contribution >= 4 is 33.9 Å². The normalized spacial score (nSPS) is 10.1. The second-order valence-corrected chi connectivity index (χ2v) is 55.0. The molecule has 0 fully saturated rings. The fourth-order valence-electron chi connectivity index (χ4n) is 1.21. The molecule has 0 nitrogen and oxygen atoms in total. The molecule has 0 N–H and O–H groups in total. The third-order valence-electron chi connectivity index (χ3n) is 1.76. The van der Waals surface area contributed by atoms with E-state index in [4.69, 9.17) is 0 Å². The Kier molecular flexibility index (Phi) is 10.8. The van der Waals surface area contributed by atoms with Gasteiger partial charge in [-0.1, -0.05) is 0 Å². The summed E-state index contributed by atoms with van der Waals surface area (Å²) >= 11 is -2.43. The first-order chi connectivity index (χ1) is 6.79. The first kappa shape index (κ1) is 14.7. The van der Waals surface area contributed by atoms with E-state index in [1.807, 2.05) is 0 Å². The van der Waals surface area contributed by atoms with E-state index in [0.717, 1.165) is 0 Å². The molecule has 0 amide bonds. The van der Waals surface area contributed by atoms with Crippen LogP contribution in [0, 0.1) is 0 Å². The number of allylic oxidation sites excluding steroid dienone is 4. The van der Waals surface area contributed by atoms with Crippen molar-refractivity contribution in [1.82, 2.24) is 0 Å². The Hall–Kier alpha value is 0.726. The van der Waals surface area contributed by atoms with Gasteiger partial charge < -0.3 is 0 Å². The van der Waals surface area contributed by atoms with Crippen molar-refractivity contribution in [3.63, 3.8) is 0 Å². The number of hydrogen-bond donors (Lipinski definition) is 0. The molecule has 14 heavy (non-hydrogen) atoms. The second kappa shape index (κ2) is 10.3. The predicted octanol–water partition coefficient (Wildman–Crippen LogP) is 3.80. The van der Waals surface area contributed by atoms with E-state index in [1.165, 1.54) is 16.5 Å². The molecule has 0 atom stereocenters. The summed E-state index contributed by atoms with van der Waals surface area (Å²) < 4.78 is 5.39. The molecule has 0 bridgehead atoms. The van der Waals surface area contributed by atoms with Crippen molar-refractivity contribution in [2.24, 2.45) is 0 Å². The second-order valence-electron chi connectivity index (χ2n) is 2.90. The molecule has 0 aliphatic carbocycles. The van der Waals surface area contributed by atoms with E-state index in [0.29, 0.717) is 0 Å². The molecule has 0 saturated carbocycles. The molecule has 0 aromatic carbocycles. The van der Waals surface area contributed by atoms with Crippen LogP contribution in [0.5, 0.6) is 0 Å². The van der Waals surface area contributed by atoms with E-state index < -0.39 is 33.9 Å². The van der Waals surface area contributed by atoms with Crippen molar-refractivity contribution < 1.29 is 0 Å². The standard InChI is InChI=1S/4C3H5.2Bi/c4*1-3-2;;/h4*3H,1-2H2;;. The number of hydrogen-bond acceptors (Lipinski definition) is 0. The summed E-state index contributed by atoms with van der Waals surface area (Å²) in [5.74, 6) is 0. The van der Waals surface area contributed by atoms with Crippen molar-refractivity contribution in [1.29, 1.82) is 0 Å². The molecule has 78 valence electrons. The van der Waals surface area contributed by atoms with Gasteiger partial charge in [0.1, 0.15) is 0 Å². The fourth-order valence-corrected chi connectivity index (χ4v) is 57.9. The Morgan fingerprint density at radius 1 is 0.571 bits per heavy atom. The van der Waals surface area contributed by atoms with Crippen LogP contribution in [0.25, 0.3) is 0 Å². The van der Waals surface area contributed by atoms with Gasteiger partial charge in [-0.15, -0.1) is 0 Å². The molecular weight excluding hydrogens is 562 g/mol. The van der Waals surface area contributed by atoms with E-state index in [9.17, 15) is 0 Å². The maximum atomic E-state index is 3.88. The van der Waals surface area contributed by atoms with E-state index >= 15 is 0 Å². The third kappa shape index (κ3) is 6.25. The van der Waals surface area contributed by atoms with Crippen LogP contribution in [0.4, 0.5) is 0 Å². The Morgan fingerprint density at radius 2 is 0.786 bits per heavy atom. The van der Waals surface area contributed by atoms with Gasteiger partial charge in [0.25, 0.3) is 0 Å². The number of rotatable bonds is 9. The van der Waals surface area contributed by atoms with Crippen LogP contribution < -0.4 is 0 Å². The summed E-state index contributed by atoms with van der Waals surface area (Å²) in [6, 6.07) is 0. The zero-order valence-corrected chi connectivity index (χ0v) is 15.8. The van der Waals surface area contributed by atoms with E-state index in [-0.39, 0.29) is 0 Å². The SMILES string of the molecule is C=C[CH2][Bi]([CH2]C=C)[Bi]([CH2]C=C)[CH2]C=C. The third-order valence-corrected chi connectivity index (χ3v) is 65.0. The van der Waals surface area contributed by atoms with Gasteiger partial charge in [-0.05, 0) is 0 Å². The Balaban J connectivity index is 4.32. The Morgan fingerprint density at radius 3 is 0.929 bits per heavy atom. The van der Waals surface area contributed by atoms with Gasteiger partial charge >= 0.3 is 101 Å². The van der Waals surface area contributed by atoms with Crippen LogP contribution in [0.15, 0.2) is 50.6 Å². The zero-order chi connectivity index (χ0) is 10.8. The molecule has 0 rings (SSSR count). The van der Waals surface area contributed by atoms with Crippen molar-refractivity contribution in [3.05, 3.63) is 50.6 Å². The molecule has 0 radical (unpaired) electrons. The Bertz CT molecular complexity index is 154. The fraction of sp³-hybridized carbons (Fsp3) is 0.333. The van der Waals surface area contributed by atoms with Gasteiger partial charge in [-0.2, -0.15) is 0 Å². The van der Waals surface area contributed by atoms with Crippen LogP contribution in [0.1, 0.15) is 0 Å². The van der Waals surface area contributed by atoms with Crippen LogP contribution in [0.2, 0.25) is 16.5 Å². The van der Waals surface area contributed by atoms with Crippen LogP contribution in [0.3, 0.4) is 0 Å². The van der Waals surface area contributed by atoms with Gasteiger partial charge in [-0.25, -0.2) is 0 Å². The van der Waals surface area contributed by atoms with Gasteiger partial charge in [0.05, 0.1) is 0 Å². The average molecular weight is 582 g/mol. The molecule has 0 saturated heterocycles. The van der Waals surface area contributed by atoms with E-state index in [2.05, 4.69) is 50.6 Å². The van der Waals surface area contributed by atoms with Gasteiger partial charge in [0.15, 0.2) is 0 Å². The van der Waals surface area contributed by atoms with Crippen molar-refractivity contribution in [3.8, 4) is 0 Å². The molecule has 0 spiro atoms. The molecule has 0 aromatic heterocycles. The molecule has 0 aromatic rings. The quantitative estimate of drug-likeness (QED) is 0.287. The van der Waals surface area contributed by atoms with Gasteiger partial charge in [0, 0.05) is 0 Å². The summed E-state index contributed by atoms with van der Waals surface area (Å²) in [7, 11) is 0. The van der Waals surface area contributed by atoms with Gasteiger partial charge in [-0.3, -0.25) is 0 Å². The Labute approximate surface area is 99.8 Å². The van der Waals surface area contributed by atoms with Crippen molar-refractivity contribution in [2.75, 3.05) is 0 Å². The minimum absolute atomic E-state index is 1.21. The average Bonchev–Trinajstić information content (AvgIpc) is 2.17. The molecular formula is C12H20Bi2.